The number of rotatable bonds is 8. The highest BCUT2D eigenvalue weighted by molar-refractivity contribution is 7.89. The van der Waals surface area contributed by atoms with Crippen molar-refractivity contribution in [2.24, 2.45) is 11.8 Å². The first-order valence-electron chi connectivity index (χ1n) is 14.0. The van der Waals surface area contributed by atoms with Gasteiger partial charge in [-0.1, -0.05) is 56.4 Å². The van der Waals surface area contributed by atoms with Gasteiger partial charge in [-0.15, -0.1) is 0 Å². The number of nitrogens with zero attached hydrogens (tertiary/aromatic N) is 1. The fraction of sp³-hybridized carbons (Fsp3) is 0.500. The van der Waals surface area contributed by atoms with Gasteiger partial charge >= 0.3 is 11.9 Å². The van der Waals surface area contributed by atoms with Crippen molar-refractivity contribution >= 4 is 32.7 Å². The molecule has 0 unspecified atom stereocenters. The van der Waals surface area contributed by atoms with Crippen molar-refractivity contribution in [2.45, 2.75) is 88.6 Å². The van der Waals surface area contributed by atoms with E-state index in [1.54, 1.807) is 45.0 Å². The topological polar surface area (TPSA) is 139 Å². The van der Waals surface area contributed by atoms with E-state index in [9.17, 15) is 18.0 Å². The first kappa shape index (κ1) is 28.3. The van der Waals surface area contributed by atoms with Gasteiger partial charge in [-0.3, -0.25) is 9.59 Å². The number of benzene rings is 2. The Balaban J connectivity index is 1.53. The summed E-state index contributed by atoms with van der Waals surface area (Å²) in [5.41, 5.74) is 0.712. The summed E-state index contributed by atoms with van der Waals surface area (Å²) in [5.74, 6) is -0.928. The van der Waals surface area contributed by atoms with Gasteiger partial charge in [0.2, 0.25) is 10.0 Å². The van der Waals surface area contributed by atoms with Gasteiger partial charge in [-0.05, 0) is 63.5 Å². The van der Waals surface area contributed by atoms with E-state index >= 15 is 0 Å². The van der Waals surface area contributed by atoms with E-state index in [-0.39, 0.29) is 16.8 Å². The number of aliphatic carboxylic acids is 1. The highest BCUT2D eigenvalue weighted by Gasteiger charge is 2.36. The molecule has 2 aliphatic rings. The predicted octanol–water partition coefficient (Wildman–Crippen LogP) is 5.29. The predicted molar refractivity (Wildman–Crippen MR) is 151 cm³/mol. The molecule has 2 fully saturated rings. The molecule has 1 aromatic heterocycles. The van der Waals surface area contributed by atoms with Crippen LogP contribution in [0.2, 0.25) is 0 Å². The Labute approximate surface area is 234 Å². The SMILES string of the molecule is CC(C)(C)NS(=O)(=O)c1ccc(-c2oc(C(=O)NC3CC(C(=O)O)C3)nc2CC2CCCCC2)c2ccccc12. The molecule has 0 bridgehead atoms. The summed E-state index contributed by atoms with van der Waals surface area (Å²) in [7, 11) is -3.81. The Morgan fingerprint density at radius 2 is 1.70 bits per heavy atom. The molecule has 1 heterocycles. The summed E-state index contributed by atoms with van der Waals surface area (Å²) in [4.78, 5) is 29.1. The van der Waals surface area contributed by atoms with Crippen LogP contribution in [0.4, 0.5) is 0 Å². The largest absolute Gasteiger partial charge is 0.481 e. The number of amides is 1. The second-order valence-electron chi connectivity index (χ2n) is 12.2. The summed E-state index contributed by atoms with van der Waals surface area (Å²) >= 11 is 0. The summed E-state index contributed by atoms with van der Waals surface area (Å²) in [6.07, 6.45) is 7.14. The van der Waals surface area contributed by atoms with Crippen LogP contribution in [-0.4, -0.2) is 42.0 Å². The van der Waals surface area contributed by atoms with Crippen molar-refractivity contribution in [1.82, 2.24) is 15.0 Å². The second-order valence-corrected chi connectivity index (χ2v) is 13.8. The third-order valence-corrected chi connectivity index (χ3v) is 9.60. The van der Waals surface area contributed by atoms with Crippen molar-refractivity contribution in [2.75, 3.05) is 0 Å². The van der Waals surface area contributed by atoms with Crippen LogP contribution in [0.25, 0.3) is 22.1 Å². The van der Waals surface area contributed by atoms with E-state index in [1.165, 1.54) is 6.42 Å². The Morgan fingerprint density at radius 3 is 2.35 bits per heavy atom. The van der Waals surface area contributed by atoms with Crippen LogP contribution >= 0.6 is 0 Å². The van der Waals surface area contributed by atoms with Gasteiger partial charge in [0, 0.05) is 22.5 Å². The summed E-state index contributed by atoms with van der Waals surface area (Å²) < 4.78 is 35.5. The average molecular weight is 568 g/mol. The van der Waals surface area contributed by atoms with Crippen LogP contribution in [0.1, 0.15) is 82.1 Å². The lowest BCUT2D eigenvalue weighted by Gasteiger charge is -2.32. The number of nitrogens with one attached hydrogen (secondary N) is 2. The Morgan fingerprint density at radius 1 is 1.02 bits per heavy atom. The number of carbonyl (C=O) groups is 2. The van der Waals surface area contributed by atoms with E-state index in [1.807, 2.05) is 12.1 Å². The molecule has 2 aromatic carbocycles. The highest BCUT2D eigenvalue weighted by atomic mass is 32.2. The highest BCUT2D eigenvalue weighted by Crippen LogP contribution is 2.38. The molecule has 0 radical (unpaired) electrons. The van der Waals surface area contributed by atoms with E-state index in [4.69, 9.17) is 9.52 Å². The van der Waals surface area contributed by atoms with Gasteiger partial charge in [0.15, 0.2) is 5.76 Å². The van der Waals surface area contributed by atoms with Crippen molar-refractivity contribution in [3.05, 3.63) is 48.0 Å². The molecule has 0 saturated heterocycles. The molecular weight excluding hydrogens is 530 g/mol. The smallest absolute Gasteiger partial charge is 0.307 e. The molecule has 214 valence electrons. The second kappa shape index (κ2) is 11.0. The lowest BCUT2D eigenvalue weighted by molar-refractivity contribution is -0.145. The van der Waals surface area contributed by atoms with Gasteiger partial charge in [0.1, 0.15) is 0 Å². The Bertz CT molecular complexity index is 1530. The van der Waals surface area contributed by atoms with E-state index in [2.05, 4.69) is 15.0 Å². The van der Waals surface area contributed by atoms with E-state index in [0.717, 1.165) is 25.7 Å². The van der Waals surface area contributed by atoms with Crippen molar-refractivity contribution in [3.63, 3.8) is 0 Å². The molecule has 3 aromatic rings. The number of sulfonamides is 1. The molecule has 2 aliphatic carbocycles. The third kappa shape index (κ3) is 6.07. The van der Waals surface area contributed by atoms with E-state index in [0.29, 0.717) is 53.0 Å². The number of aromatic nitrogens is 1. The minimum atomic E-state index is -3.81. The summed E-state index contributed by atoms with van der Waals surface area (Å²) in [5, 5.41) is 13.2. The van der Waals surface area contributed by atoms with Crippen LogP contribution in [-0.2, 0) is 21.2 Å². The van der Waals surface area contributed by atoms with E-state index < -0.39 is 33.4 Å². The zero-order valence-corrected chi connectivity index (χ0v) is 24.0. The molecule has 1 amide bonds. The fourth-order valence-electron chi connectivity index (χ4n) is 5.81. The molecule has 10 heteroatoms. The normalized spacial score (nSPS) is 20.3. The lowest BCUT2D eigenvalue weighted by atomic mass is 9.80. The van der Waals surface area contributed by atoms with Gasteiger partial charge in [0.25, 0.3) is 5.89 Å². The zero-order valence-electron chi connectivity index (χ0n) is 23.2. The quantitative estimate of drug-likeness (QED) is 0.336. The maximum atomic E-state index is 13.3. The lowest BCUT2D eigenvalue weighted by Crippen LogP contribution is -2.46. The van der Waals surface area contributed by atoms with Crippen LogP contribution in [0.3, 0.4) is 0 Å². The maximum absolute atomic E-state index is 13.3. The monoisotopic (exact) mass is 567 g/mol. The third-order valence-electron chi connectivity index (χ3n) is 7.78. The van der Waals surface area contributed by atoms with Crippen LogP contribution < -0.4 is 10.0 Å². The summed E-state index contributed by atoms with van der Waals surface area (Å²) in [6, 6.07) is 10.4. The Hall–Kier alpha value is -3.24. The minimum absolute atomic E-state index is 0.0604. The first-order valence-corrected chi connectivity index (χ1v) is 15.5. The van der Waals surface area contributed by atoms with Gasteiger partial charge < -0.3 is 14.8 Å². The standard InChI is InChI=1S/C30H37N3O6S/c1-30(2,3)33-40(37,38)25-14-13-23(21-11-7-8-12-22(21)25)26-24(15-18-9-5-4-6-10-18)32-28(39-26)27(34)31-20-16-19(17-20)29(35)36/h7-8,11-14,18-20,33H,4-6,9-10,15-17H2,1-3H3,(H,31,34)(H,35,36). The maximum Gasteiger partial charge on any atom is 0.307 e. The number of hydrogen-bond donors (Lipinski definition) is 3. The number of hydrogen-bond acceptors (Lipinski definition) is 6. The van der Waals surface area contributed by atoms with Crippen molar-refractivity contribution < 1.29 is 27.5 Å². The number of carboxylic acids is 1. The zero-order chi connectivity index (χ0) is 28.7. The van der Waals surface area contributed by atoms with Crippen molar-refractivity contribution in [1.29, 1.82) is 0 Å². The molecule has 40 heavy (non-hydrogen) atoms. The number of carbonyl (C=O) groups excluding carboxylic acids is 1. The average Bonchev–Trinajstić information content (AvgIpc) is 3.27. The van der Waals surface area contributed by atoms with Crippen LogP contribution in [0, 0.1) is 11.8 Å². The van der Waals surface area contributed by atoms with Crippen LogP contribution in [0.15, 0.2) is 45.7 Å². The molecule has 5 rings (SSSR count). The Kier molecular flexibility index (Phi) is 7.76. The minimum Gasteiger partial charge on any atom is -0.481 e. The molecule has 2 saturated carbocycles. The number of fused-ring (bicyclic) bond motifs is 1. The fourth-order valence-corrected chi connectivity index (χ4v) is 7.44. The van der Waals surface area contributed by atoms with Gasteiger partial charge in [-0.2, -0.15) is 0 Å². The molecule has 0 aliphatic heterocycles. The molecule has 3 N–H and O–H groups in total. The van der Waals surface area contributed by atoms with Crippen molar-refractivity contribution in [3.8, 4) is 11.3 Å². The number of oxazole rings is 1. The summed E-state index contributed by atoms with van der Waals surface area (Å²) in [6.45, 7) is 5.39. The van der Waals surface area contributed by atoms with Crippen LogP contribution in [0.5, 0.6) is 0 Å². The molecule has 9 nitrogen and oxygen atoms in total. The van der Waals surface area contributed by atoms with Gasteiger partial charge in [-0.25, -0.2) is 18.1 Å². The number of carboxylic acid groups (broad SMARTS) is 1. The molecular formula is C30H37N3O6S. The van der Waals surface area contributed by atoms with Gasteiger partial charge in [0.05, 0.1) is 16.5 Å². The molecule has 0 atom stereocenters. The first-order chi connectivity index (χ1) is 18.9. The molecule has 0 spiro atoms.